The van der Waals surface area contributed by atoms with E-state index in [4.69, 9.17) is 14.4 Å². The molecular weight excluding hydrogens is 306 g/mol. The Labute approximate surface area is 142 Å². The van der Waals surface area contributed by atoms with Crippen LogP contribution in [0, 0.1) is 6.92 Å². The van der Waals surface area contributed by atoms with Gasteiger partial charge in [0.1, 0.15) is 0 Å². The third-order valence-corrected chi connectivity index (χ3v) is 4.33. The second-order valence-corrected chi connectivity index (χ2v) is 6.30. The molecule has 0 saturated carbocycles. The van der Waals surface area contributed by atoms with Crippen LogP contribution in [0.4, 0.5) is 0 Å². The lowest BCUT2D eigenvalue weighted by atomic mass is 10.1. The molecule has 0 amide bonds. The van der Waals surface area contributed by atoms with Gasteiger partial charge in [0.15, 0.2) is 0 Å². The predicted molar refractivity (Wildman–Crippen MR) is 90.4 cm³/mol. The van der Waals surface area contributed by atoms with Crippen molar-refractivity contribution in [2.75, 3.05) is 26.3 Å². The second kappa shape index (κ2) is 8.37. The Kier molecular flexibility index (Phi) is 5.96. The molecule has 6 heteroatoms. The Balaban J connectivity index is 1.48. The van der Waals surface area contributed by atoms with Gasteiger partial charge in [-0.05, 0) is 26.2 Å². The van der Waals surface area contributed by atoms with E-state index in [1.165, 1.54) is 5.56 Å². The van der Waals surface area contributed by atoms with Crippen LogP contribution >= 0.6 is 0 Å². The molecule has 2 heterocycles. The van der Waals surface area contributed by atoms with E-state index in [2.05, 4.69) is 22.0 Å². The first-order valence-electron chi connectivity index (χ1n) is 8.59. The third-order valence-electron chi connectivity index (χ3n) is 4.33. The molecule has 3 rings (SSSR count). The van der Waals surface area contributed by atoms with Crippen molar-refractivity contribution in [3.8, 4) is 11.4 Å². The Bertz CT molecular complexity index is 619. The van der Waals surface area contributed by atoms with E-state index < -0.39 is 0 Å². The van der Waals surface area contributed by atoms with Gasteiger partial charge in [0, 0.05) is 31.9 Å². The van der Waals surface area contributed by atoms with Crippen LogP contribution in [0.25, 0.3) is 11.4 Å². The first-order valence-corrected chi connectivity index (χ1v) is 8.59. The van der Waals surface area contributed by atoms with Gasteiger partial charge in [0.2, 0.25) is 11.7 Å². The van der Waals surface area contributed by atoms with Gasteiger partial charge in [-0.25, -0.2) is 0 Å². The molecule has 1 aromatic heterocycles. The SMILES string of the molecule is Cc1ccc(-c2noc(CN3CCC(OCCCO)CC3)n2)cc1. The molecule has 1 aliphatic rings. The Morgan fingerprint density at radius 1 is 1.25 bits per heavy atom. The third kappa shape index (κ3) is 4.63. The number of benzene rings is 1. The number of likely N-dealkylation sites (tertiary alicyclic amines) is 1. The van der Waals surface area contributed by atoms with Gasteiger partial charge in [-0.2, -0.15) is 4.98 Å². The zero-order valence-corrected chi connectivity index (χ0v) is 14.1. The number of hydrogen-bond acceptors (Lipinski definition) is 6. The summed E-state index contributed by atoms with van der Waals surface area (Å²) in [7, 11) is 0. The summed E-state index contributed by atoms with van der Waals surface area (Å²) in [5.41, 5.74) is 2.19. The number of nitrogens with zero attached hydrogens (tertiary/aromatic N) is 3. The highest BCUT2D eigenvalue weighted by Crippen LogP contribution is 2.19. The quantitative estimate of drug-likeness (QED) is 0.786. The Morgan fingerprint density at radius 3 is 2.71 bits per heavy atom. The van der Waals surface area contributed by atoms with Crippen molar-refractivity contribution < 1.29 is 14.4 Å². The smallest absolute Gasteiger partial charge is 0.241 e. The summed E-state index contributed by atoms with van der Waals surface area (Å²) < 4.78 is 11.2. The molecule has 1 aromatic carbocycles. The standard InChI is InChI=1S/C18H25N3O3/c1-14-3-5-15(6-4-14)18-19-17(24-20-18)13-21-9-7-16(8-10-21)23-12-2-11-22/h3-6,16,22H,2,7-13H2,1H3. The number of ether oxygens (including phenoxy) is 1. The fraction of sp³-hybridized carbons (Fsp3) is 0.556. The molecule has 0 atom stereocenters. The van der Waals surface area contributed by atoms with Crippen LogP contribution in [-0.2, 0) is 11.3 Å². The van der Waals surface area contributed by atoms with Crippen molar-refractivity contribution in [3.05, 3.63) is 35.7 Å². The molecule has 130 valence electrons. The number of aliphatic hydroxyl groups is 1. The lowest BCUT2D eigenvalue weighted by Crippen LogP contribution is -2.36. The molecule has 1 saturated heterocycles. The van der Waals surface area contributed by atoms with Crippen molar-refractivity contribution in [3.63, 3.8) is 0 Å². The number of aliphatic hydroxyl groups excluding tert-OH is 1. The van der Waals surface area contributed by atoms with Crippen molar-refractivity contribution in [1.82, 2.24) is 15.0 Å². The van der Waals surface area contributed by atoms with Crippen LogP contribution in [0.15, 0.2) is 28.8 Å². The van der Waals surface area contributed by atoms with E-state index in [1.54, 1.807) is 0 Å². The molecule has 1 fully saturated rings. The Morgan fingerprint density at radius 2 is 2.00 bits per heavy atom. The first-order chi connectivity index (χ1) is 11.7. The summed E-state index contributed by atoms with van der Waals surface area (Å²) in [6.07, 6.45) is 3.03. The van der Waals surface area contributed by atoms with Gasteiger partial charge in [0.25, 0.3) is 0 Å². The lowest BCUT2D eigenvalue weighted by molar-refractivity contribution is -0.000876. The minimum atomic E-state index is 0.194. The van der Waals surface area contributed by atoms with E-state index >= 15 is 0 Å². The van der Waals surface area contributed by atoms with Crippen LogP contribution in [0.1, 0.15) is 30.7 Å². The highest BCUT2D eigenvalue weighted by molar-refractivity contribution is 5.54. The molecule has 1 aliphatic heterocycles. The molecule has 1 N–H and O–H groups in total. The largest absolute Gasteiger partial charge is 0.396 e. The number of rotatable bonds is 7. The lowest BCUT2D eigenvalue weighted by Gasteiger charge is -2.30. The molecule has 0 unspecified atom stereocenters. The maximum absolute atomic E-state index is 8.79. The Hall–Kier alpha value is -1.76. The summed E-state index contributed by atoms with van der Waals surface area (Å²) in [6.45, 7) is 5.51. The van der Waals surface area contributed by atoms with Gasteiger partial charge in [-0.3, -0.25) is 4.90 Å². The normalized spacial score (nSPS) is 16.6. The zero-order chi connectivity index (χ0) is 16.8. The second-order valence-electron chi connectivity index (χ2n) is 6.30. The number of aryl methyl sites for hydroxylation is 1. The van der Waals surface area contributed by atoms with Gasteiger partial charge in [-0.15, -0.1) is 0 Å². The van der Waals surface area contributed by atoms with E-state index in [0.29, 0.717) is 37.4 Å². The van der Waals surface area contributed by atoms with Crippen LogP contribution in [-0.4, -0.2) is 52.6 Å². The van der Waals surface area contributed by atoms with E-state index in [9.17, 15) is 0 Å². The summed E-state index contributed by atoms with van der Waals surface area (Å²) in [5, 5.41) is 12.9. The van der Waals surface area contributed by atoms with Gasteiger partial charge >= 0.3 is 0 Å². The topological polar surface area (TPSA) is 71.6 Å². The molecule has 6 nitrogen and oxygen atoms in total. The molecule has 0 aliphatic carbocycles. The minimum Gasteiger partial charge on any atom is -0.396 e. The summed E-state index contributed by atoms with van der Waals surface area (Å²) >= 11 is 0. The van der Waals surface area contributed by atoms with Crippen LogP contribution < -0.4 is 0 Å². The maximum Gasteiger partial charge on any atom is 0.241 e. The summed E-state index contributed by atoms with van der Waals surface area (Å²) in [5.74, 6) is 1.30. The highest BCUT2D eigenvalue weighted by Gasteiger charge is 2.21. The van der Waals surface area contributed by atoms with Gasteiger partial charge < -0.3 is 14.4 Å². The van der Waals surface area contributed by atoms with Gasteiger partial charge in [0.05, 0.1) is 12.6 Å². The molecule has 2 aromatic rings. The van der Waals surface area contributed by atoms with Crippen molar-refractivity contribution in [1.29, 1.82) is 0 Å². The monoisotopic (exact) mass is 331 g/mol. The average molecular weight is 331 g/mol. The first kappa shape index (κ1) is 17.1. The predicted octanol–water partition coefficient (Wildman–Crippen LogP) is 2.41. The molecule has 0 bridgehead atoms. The van der Waals surface area contributed by atoms with Crippen LogP contribution in [0.5, 0.6) is 0 Å². The van der Waals surface area contributed by atoms with Crippen molar-refractivity contribution in [2.45, 2.75) is 38.8 Å². The van der Waals surface area contributed by atoms with Crippen molar-refractivity contribution >= 4 is 0 Å². The van der Waals surface area contributed by atoms with E-state index in [0.717, 1.165) is 31.5 Å². The summed E-state index contributed by atoms with van der Waals surface area (Å²) in [6, 6.07) is 8.12. The fourth-order valence-corrected chi connectivity index (χ4v) is 2.88. The molecule has 0 radical (unpaired) electrons. The zero-order valence-electron chi connectivity index (χ0n) is 14.1. The molecule has 0 spiro atoms. The highest BCUT2D eigenvalue weighted by atomic mass is 16.5. The fourth-order valence-electron chi connectivity index (χ4n) is 2.88. The maximum atomic E-state index is 8.79. The minimum absolute atomic E-state index is 0.194. The molecule has 24 heavy (non-hydrogen) atoms. The average Bonchev–Trinajstić information content (AvgIpc) is 3.06. The van der Waals surface area contributed by atoms with Gasteiger partial charge in [-0.1, -0.05) is 35.0 Å². The molecular formula is C18H25N3O3. The van der Waals surface area contributed by atoms with Crippen LogP contribution in [0.3, 0.4) is 0 Å². The van der Waals surface area contributed by atoms with Crippen molar-refractivity contribution in [2.24, 2.45) is 0 Å². The number of hydrogen-bond donors (Lipinski definition) is 1. The van der Waals surface area contributed by atoms with Crippen LogP contribution in [0.2, 0.25) is 0 Å². The number of piperidine rings is 1. The number of aromatic nitrogens is 2. The van der Waals surface area contributed by atoms with E-state index in [-0.39, 0.29) is 6.61 Å². The summed E-state index contributed by atoms with van der Waals surface area (Å²) in [4.78, 5) is 6.82. The van der Waals surface area contributed by atoms with E-state index in [1.807, 2.05) is 24.3 Å².